The van der Waals surface area contributed by atoms with Crippen LogP contribution in [0.5, 0.6) is 0 Å². The van der Waals surface area contributed by atoms with Crippen LogP contribution >= 0.6 is 11.6 Å². The molecule has 0 unspecified atom stereocenters. The third-order valence-electron chi connectivity index (χ3n) is 1.36. The summed E-state index contributed by atoms with van der Waals surface area (Å²) in [7, 11) is 0. The van der Waals surface area contributed by atoms with Gasteiger partial charge < -0.3 is 5.11 Å². The second kappa shape index (κ2) is 4.53. The van der Waals surface area contributed by atoms with E-state index in [2.05, 4.69) is 4.40 Å². The number of halogens is 1. The van der Waals surface area contributed by atoms with Crippen LogP contribution in [0.3, 0.4) is 0 Å². The van der Waals surface area contributed by atoms with E-state index in [1.165, 1.54) is 0 Å². The molecule has 0 aliphatic heterocycles. The molecule has 4 heteroatoms. The number of hydrogen-bond donors (Lipinski definition) is 0. The second-order valence-corrected chi connectivity index (χ2v) is 4.84. The summed E-state index contributed by atoms with van der Waals surface area (Å²) in [6.45, 7) is 0. The van der Waals surface area contributed by atoms with Crippen molar-refractivity contribution in [2.24, 2.45) is 4.40 Å². The fourth-order valence-corrected chi connectivity index (χ4v) is 1.37. The fourth-order valence-electron chi connectivity index (χ4n) is 0.811. The van der Waals surface area contributed by atoms with Crippen LogP contribution in [0.2, 0.25) is 5.02 Å². The first-order chi connectivity index (χ1) is 6.09. The summed E-state index contributed by atoms with van der Waals surface area (Å²) in [4.78, 5) is 0. The normalized spacial score (nSPS) is 12.2. The minimum absolute atomic E-state index is 0.176. The molecule has 1 rings (SSSR count). The monoisotopic (exact) mass is 215 g/mol. The van der Waals surface area contributed by atoms with E-state index >= 15 is 0 Å². The van der Waals surface area contributed by atoms with Gasteiger partial charge >= 0.3 is 0 Å². The van der Waals surface area contributed by atoms with Gasteiger partial charge in [-0.2, -0.15) is 0 Å². The first-order valence-corrected chi connectivity index (χ1v) is 6.06. The highest BCUT2D eigenvalue weighted by Gasteiger charge is 1.99. The molecule has 1 aromatic carbocycles. The van der Waals surface area contributed by atoms with Crippen LogP contribution in [-0.4, -0.2) is 18.4 Å². The van der Waals surface area contributed by atoms with Gasteiger partial charge in [0.05, 0.1) is 0 Å². The van der Waals surface area contributed by atoms with Crippen LogP contribution in [0.4, 0.5) is 0 Å². The van der Waals surface area contributed by atoms with Crippen molar-refractivity contribution >= 4 is 28.6 Å². The average molecular weight is 216 g/mol. The zero-order valence-corrected chi connectivity index (χ0v) is 9.02. The van der Waals surface area contributed by atoms with Crippen LogP contribution in [-0.2, 0) is 11.1 Å². The topological polar surface area (TPSA) is 35.4 Å². The van der Waals surface area contributed by atoms with Crippen LogP contribution in [0.15, 0.2) is 28.7 Å². The van der Waals surface area contributed by atoms with Crippen LogP contribution in [0, 0.1) is 0 Å². The molecule has 0 N–H and O–H groups in total. The van der Waals surface area contributed by atoms with Crippen molar-refractivity contribution in [3.05, 3.63) is 34.9 Å². The maximum atomic E-state index is 11.4. The summed E-state index contributed by atoms with van der Waals surface area (Å²) < 4.78 is 3.92. The van der Waals surface area contributed by atoms with Crippen molar-refractivity contribution in [2.45, 2.75) is 0 Å². The van der Waals surface area contributed by atoms with E-state index in [9.17, 15) is 5.11 Å². The molecule has 0 saturated carbocycles. The molecule has 0 saturated heterocycles. The van der Waals surface area contributed by atoms with Gasteiger partial charge in [-0.05, 0) is 17.7 Å². The largest absolute Gasteiger partial charge is 0.855 e. The Morgan fingerprint density at radius 2 is 1.85 bits per heavy atom. The summed E-state index contributed by atoms with van der Waals surface area (Å²) in [5, 5.41) is 12.0. The van der Waals surface area contributed by atoms with E-state index in [1.54, 1.807) is 24.3 Å². The van der Waals surface area contributed by atoms with Gasteiger partial charge in [0.1, 0.15) is 23.6 Å². The molecule has 0 bridgehead atoms. The molecule has 0 heterocycles. The molecular formula is C9H10ClNOS. The zero-order chi connectivity index (χ0) is 9.84. The van der Waals surface area contributed by atoms with Gasteiger partial charge in [0.2, 0.25) is 0 Å². The SMILES string of the molecule is C[S+](C)/N=C(/[O-])c1ccc(Cl)cc1. The van der Waals surface area contributed by atoms with Crippen LogP contribution < -0.4 is 5.11 Å². The van der Waals surface area contributed by atoms with E-state index in [0.717, 1.165) is 0 Å². The highest BCUT2D eigenvalue weighted by atomic mass is 35.5. The summed E-state index contributed by atoms with van der Waals surface area (Å²) in [6.07, 6.45) is 3.79. The smallest absolute Gasteiger partial charge is 0.125 e. The Hall–Kier alpha value is -0.670. The number of nitrogens with zero attached hydrogens (tertiary/aromatic N) is 1. The van der Waals surface area contributed by atoms with Crippen molar-refractivity contribution < 1.29 is 5.11 Å². The zero-order valence-electron chi connectivity index (χ0n) is 7.45. The fraction of sp³-hybridized carbons (Fsp3) is 0.222. The molecular weight excluding hydrogens is 206 g/mol. The molecule has 0 aliphatic carbocycles. The Bertz CT molecular complexity index is 308. The lowest BCUT2D eigenvalue weighted by atomic mass is 10.2. The summed E-state index contributed by atoms with van der Waals surface area (Å²) in [6, 6.07) is 6.74. The standard InChI is InChI=1S/C9H10ClNOS/c1-13(2)11-9(12)7-3-5-8(10)6-4-7/h3-6H,1-2H3. The third kappa shape index (κ3) is 3.28. The Balaban J connectivity index is 2.89. The summed E-state index contributed by atoms with van der Waals surface area (Å²) in [5.41, 5.74) is 0.589. The molecule has 2 nitrogen and oxygen atoms in total. The predicted molar refractivity (Wildman–Crippen MR) is 57.2 cm³/mol. The maximum Gasteiger partial charge on any atom is 0.125 e. The molecule has 0 amide bonds. The third-order valence-corrected chi connectivity index (χ3v) is 2.14. The highest BCUT2D eigenvalue weighted by Crippen LogP contribution is 2.09. The van der Waals surface area contributed by atoms with Crippen molar-refractivity contribution in [3.63, 3.8) is 0 Å². The molecule has 0 atom stereocenters. The quantitative estimate of drug-likeness (QED) is 0.415. The Morgan fingerprint density at radius 3 is 2.31 bits per heavy atom. The molecule has 70 valence electrons. The van der Waals surface area contributed by atoms with Gasteiger partial charge in [0.25, 0.3) is 0 Å². The van der Waals surface area contributed by atoms with Gasteiger partial charge in [-0.15, -0.1) is 0 Å². The van der Waals surface area contributed by atoms with E-state index in [1.807, 2.05) is 12.5 Å². The second-order valence-electron chi connectivity index (χ2n) is 2.68. The molecule has 0 spiro atoms. The van der Waals surface area contributed by atoms with Gasteiger partial charge in [-0.25, -0.2) is 0 Å². The molecule has 1 aromatic rings. The molecule has 0 aromatic heterocycles. The van der Waals surface area contributed by atoms with Crippen molar-refractivity contribution in [1.29, 1.82) is 0 Å². The summed E-state index contributed by atoms with van der Waals surface area (Å²) >= 11 is 5.47. The molecule has 0 fully saturated rings. The van der Waals surface area contributed by atoms with Gasteiger partial charge in [0, 0.05) is 10.9 Å². The van der Waals surface area contributed by atoms with Crippen molar-refractivity contribution in [3.8, 4) is 0 Å². The average Bonchev–Trinajstić information content (AvgIpc) is 2.04. The number of hydrogen-bond acceptors (Lipinski definition) is 2. The Kier molecular flexibility index (Phi) is 3.63. The Morgan fingerprint density at radius 1 is 1.31 bits per heavy atom. The minimum atomic E-state index is -0.209. The Labute approximate surface area is 85.7 Å². The van der Waals surface area contributed by atoms with E-state index in [4.69, 9.17) is 11.6 Å². The lowest BCUT2D eigenvalue weighted by Crippen LogP contribution is -2.20. The van der Waals surface area contributed by atoms with Crippen molar-refractivity contribution in [1.82, 2.24) is 0 Å². The molecule has 0 aliphatic rings. The summed E-state index contributed by atoms with van der Waals surface area (Å²) in [5.74, 6) is -0.176. The minimum Gasteiger partial charge on any atom is -0.855 e. The number of benzene rings is 1. The first kappa shape index (κ1) is 10.4. The lowest BCUT2D eigenvalue weighted by molar-refractivity contribution is -0.212. The lowest BCUT2D eigenvalue weighted by Gasteiger charge is -2.07. The number of rotatable bonds is 2. The van der Waals surface area contributed by atoms with E-state index < -0.39 is 0 Å². The van der Waals surface area contributed by atoms with E-state index in [-0.39, 0.29) is 17.0 Å². The van der Waals surface area contributed by atoms with E-state index in [0.29, 0.717) is 10.6 Å². The maximum absolute atomic E-state index is 11.4. The van der Waals surface area contributed by atoms with Crippen molar-refractivity contribution in [2.75, 3.05) is 12.5 Å². The van der Waals surface area contributed by atoms with Gasteiger partial charge in [-0.3, -0.25) is 0 Å². The first-order valence-electron chi connectivity index (χ1n) is 3.69. The highest BCUT2D eigenvalue weighted by molar-refractivity contribution is 7.94. The predicted octanol–water partition coefficient (Wildman–Crippen LogP) is 1.24. The van der Waals surface area contributed by atoms with Gasteiger partial charge in [-0.1, -0.05) is 28.1 Å². The van der Waals surface area contributed by atoms with Crippen LogP contribution in [0.25, 0.3) is 0 Å². The molecule has 0 radical (unpaired) electrons. The van der Waals surface area contributed by atoms with Crippen LogP contribution in [0.1, 0.15) is 5.56 Å². The molecule has 13 heavy (non-hydrogen) atoms. The van der Waals surface area contributed by atoms with Gasteiger partial charge in [0.15, 0.2) is 0 Å².